The Bertz CT molecular complexity index is 1070. The van der Waals surface area contributed by atoms with E-state index in [-0.39, 0.29) is 32.8 Å². The third-order valence-electron chi connectivity index (χ3n) is 6.21. The van der Waals surface area contributed by atoms with Crippen molar-refractivity contribution in [2.75, 3.05) is 26.9 Å². The largest absolute Gasteiger partial charge is 0.461 e. The molecule has 0 radical (unpaired) electrons. The molecular formula is C22H32N5O8P. The van der Waals surface area contributed by atoms with E-state index in [0.717, 1.165) is 10.2 Å². The number of rotatable bonds is 12. The Morgan fingerprint density at radius 2 is 2.00 bits per heavy atom. The Labute approximate surface area is 209 Å². The molecule has 3 rings (SSSR count). The maximum Gasteiger partial charge on any atom is 0.438 e. The Balaban J connectivity index is 1.79. The average molecular weight is 525 g/mol. The molecule has 1 aromatic rings. The zero-order valence-electron chi connectivity index (χ0n) is 21.0. The summed E-state index contributed by atoms with van der Waals surface area (Å²) in [4.78, 5) is 28.4. The first-order chi connectivity index (χ1) is 17.0. The van der Waals surface area contributed by atoms with Crippen LogP contribution in [-0.2, 0) is 44.0 Å². The summed E-state index contributed by atoms with van der Waals surface area (Å²) in [6.07, 6.45) is -1.08. The van der Waals surface area contributed by atoms with Crippen LogP contribution in [0.4, 0.5) is 0 Å². The first kappa shape index (κ1) is 28.1. The van der Waals surface area contributed by atoms with Crippen LogP contribution in [0.2, 0.25) is 0 Å². The second-order valence-corrected chi connectivity index (χ2v) is 10.7. The van der Waals surface area contributed by atoms with Crippen molar-refractivity contribution in [3.05, 3.63) is 46.3 Å². The van der Waals surface area contributed by atoms with Gasteiger partial charge in [-0.3, -0.25) is 24.0 Å². The molecule has 36 heavy (non-hydrogen) atoms. The van der Waals surface area contributed by atoms with Gasteiger partial charge in [-0.2, -0.15) is 0 Å². The lowest BCUT2D eigenvalue weighted by atomic mass is 9.73. The fourth-order valence-corrected chi connectivity index (χ4v) is 6.47. The number of hydrogen-bond acceptors (Lipinski definition) is 10. The van der Waals surface area contributed by atoms with E-state index >= 15 is 0 Å². The highest BCUT2D eigenvalue weighted by Crippen LogP contribution is 2.65. The lowest BCUT2D eigenvalue weighted by Crippen LogP contribution is -2.87. The van der Waals surface area contributed by atoms with E-state index in [1.165, 1.54) is 7.05 Å². The number of β-lactam (4-membered cyclic amide) rings is 1. The molecule has 4 atom stereocenters. The molecule has 1 N–H and O–H groups in total. The van der Waals surface area contributed by atoms with Crippen molar-refractivity contribution in [1.29, 1.82) is 0 Å². The molecule has 0 aliphatic carbocycles. The maximum absolute atomic E-state index is 14.0. The van der Waals surface area contributed by atoms with Gasteiger partial charge in [-0.15, -0.1) is 0 Å². The smallest absolute Gasteiger partial charge is 0.438 e. The van der Waals surface area contributed by atoms with Gasteiger partial charge in [-0.1, -0.05) is 35.4 Å². The molecule has 198 valence electrons. The molecule has 0 aromatic heterocycles. The lowest BCUT2D eigenvalue weighted by Gasteiger charge is -2.62. The number of nitrogens with one attached hydrogen (secondary N) is 1. The molecule has 2 aliphatic heterocycles. The van der Waals surface area contributed by atoms with Crippen molar-refractivity contribution in [3.63, 3.8) is 0 Å². The van der Waals surface area contributed by atoms with E-state index in [2.05, 4.69) is 15.3 Å². The van der Waals surface area contributed by atoms with E-state index in [9.17, 15) is 19.7 Å². The Morgan fingerprint density at radius 3 is 2.56 bits per heavy atom. The van der Waals surface area contributed by atoms with Crippen molar-refractivity contribution in [1.82, 2.24) is 9.99 Å². The second kappa shape index (κ2) is 10.9. The third kappa shape index (κ3) is 5.01. The highest BCUT2D eigenvalue weighted by molar-refractivity contribution is 7.52. The fraction of sp³-hybridized carbons (Fsp3) is 0.636. The van der Waals surface area contributed by atoms with Crippen LogP contribution in [0.3, 0.4) is 0 Å². The second-order valence-electron chi connectivity index (χ2n) is 8.85. The van der Waals surface area contributed by atoms with E-state index in [4.69, 9.17) is 23.3 Å². The average Bonchev–Trinajstić information content (AvgIpc) is 3.21. The van der Waals surface area contributed by atoms with Crippen LogP contribution in [0.1, 0.15) is 39.7 Å². The van der Waals surface area contributed by atoms with Crippen LogP contribution in [0, 0.1) is 0 Å². The number of carbonyl (C=O) groups excluding carboxylic acids is 2. The number of hydrogen-bond donors (Lipinski definition) is 1. The number of benzene rings is 1. The van der Waals surface area contributed by atoms with Crippen molar-refractivity contribution < 1.29 is 37.4 Å². The summed E-state index contributed by atoms with van der Waals surface area (Å²) in [5.41, 5.74) is 6.68. The first-order valence-corrected chi connectivity index (χ1v) is 13.0. The molecule has 4 unspecified atom stereocenters. The van der Waals surface area contributed by atoms with Gasteiger partial charge in [-0.25, -0.2) is 9.24 Å². The molecule has 14 heteroatoms. The third-order valence-corrected chi connectivity index (χ3v) is 8.39. The van der Waals surface area contributed by atoms with Gasteiger partial charge in [-0.05, 0) is 45.8 Å². The van der Waals surface area contributed by atoms with Gasteiger partial charge in [0, 0.05) is 4.91 Å². The minimum absolute atomic E-state index is 0.0234. The number of carbonyl (C=O) groups is 2. The normalized spacial score (nSPS) is 28.6. The summed E-state index contributed by atoms with van der Waals surface area (Å²) in [7, 11) is -2.89. The van der Waals surface area contributed by atoms with E-state index < -0.39 is 42.7 Å². The number of esters is 1. The van der Waals surface area contributed by atoms with E-state index in [1.54, 1.807) is 27.7 Å². The van der Waals surface area contributed by atoms with Crippen LogP contribution in [0.15, 0.2) is 35.4 Å². The van der Waals surface area contributed by atoms with Crippen LogP contribution in [-0.4, -0.2) is 66.5 Å². The zero-order valence-corrected chi connectivity index (χ0v) is 21.9. The highest BCUT2D eigenvalue weighted by atomic mass is 31.2. The van der Waals surface area contributed by atoms with E-state index in [1.807, 2.05) is 30.3 Å². The molecule has 0 saturated carbocycles. The predicted octanol–water partition coefficient (Wildman–Crippen LogP) is 3.26. The van der Waals surface area contributed by atoms with Crippen molar-refractivity contribution in [2.45, 2.75) is 63.8 Å². The summed E-state index contributed by atoms with van der Waals surface area (Å²) >= 11 is 0. The number of ether oxygens (including phenoxy) is 3. The molecule has 2 saturated heterocycles. The quantitative estimate of drug-likeness (QED) is 0.108. The summed E-state index contributed by atoms with van der Waals surface area (Å²) < 4.78 is 42.8. The van der Waals surface area contributed by atoms with Crippen molar-refractivity contribution in [3.8, 4) is 0 Å². The van der Waals surface area contributed by atoms with Gasteiger partial charge in [0.25, 0.3) is 5.91 Å². The highest BCUT2D eigenvalue weighted by Gasteiger charge is 2.77. The van der Waals surface area contributed by atoms with Gasteiger partial charge in [0.2, 0.25) is 5.66 Å². The lowest BCUT2D eigenvalue weighted by molar-refractivity contribution is -0.197. The molecule has 1 aromatic carbocycles. The topological polar surface area (TPSA) is 161 Å². The fourth-order valence-electron chi connectivity index (χ4n) is 4.37. The summed E-state index contributed by atoms with van der Waals surface area (Å²) in [5, 5.41) is 6.49. The summed E-state index contributed by atoms with van der Waals surface area (Å²) in [6.45, 7) is 6.22. The van der Waals surface area contributed by atoms with Gasteiger partial charge >= 0.3 is 13.7 Å². The van der Waals surface area contributed by atoms with Crippen molar-refractivity contribution in [2.24, 2.45) is 5.11 Å². The standard InChI is InChI=1S/C22H32N5O8P/c1-6-33-36(30,34-13-12-18(28)31-14-16-10-8-7-9-11-16)27-19(29)22(24-5,25-26-23)21(27,4)17-15-32-20(2,3)35-17/h7-11,17,24H,6,12-15H2,1-5H3. The monoisotopic (exact) mass is 525 g/mol. The van der Waals surface area contributed by atoms with Gasteiger partial charge < -0.3 is 14.2 Å². The number of nitrogens with zero attached hydrogens (tertiary/aromatic N) is 4. The Morgan fingerprint density at radius 1 is 1.31 bits per heavy atom. The van der Waals surface area contributed by atoms with Crippen LogP contribution < -0.4 is 5.32 Å². The van der Waals surface area contributed by atoms with Crippen LogP contribution >= 0.6 is 7.75 Å². The SMILES string of the molecule is CCOP(=O)(OCCC(=O)OCc1ccccc1)N1C(=O)C(N=[N+]=[N-])(NC)C1(C)C1COC(C)(C)O1. The Hall–Kier alpha value is -2.50. The van der Waals surface area contributed by atoms with E-state index in [0.29, 0.717) is 0 Å². The minimum atomic E-state index is -4.33. The molecule has 2 heterocycles. The van der Waals surface area contributed by atoms with Crippen LogP contribution in [0.5, 0.6) is 0 Å². The first-order valence-electron chi connectivity index (χ1n) is 11.5. The van der Waals surface area contributed by atoms with Crippen LogP contribution in [0.25, 0.3) is 10.4 Å². The molecule has 0 bridgehead atoms. The molecule has 0 spiro atoms. The molecule has 13 nitrogen and oxygen atoms in total. The molecule has 2 fully saturated rings. The molecular weight excluding hydrogens is 493 g/mol. The Kier molecular flexibility index (Phi) is 8.47. The zero-order chi connectivity index (χ0) is 26.6. The number of likely N-dealkylation sites (N-methyl/N-ethyl adjacent to an activating group) is 1. The summed E-state index contributed by atoms with van der Waals surface area (Å²) in [5.74, 6) is -2.39. The van der Waals surface area contributed by atoms with Gasteiger partial charge in [0.05, 0.1) is 26.2 Å². The molecule has 1 amide bonds. The number of amides is 1. The van der Waals surface area contributed by atoms with Gasteiger partial charge in [0.1, 0.15) is 18.2 Å². The minimum Gasteiger partial charge on any atom is -0.461 e. The number of azide groups is 1. The van der Waals surface area contributed by atoms with Crippen molar-refractivity contribution >= 4 is 19.6 Å². The van der Waals surface area contributed by atoms with Gasteiger partial charge in [0.15, 0.2) is 5.79 Å². The molecule has 2 aliphatic rings. The maximum atomic E-state index is 14.0. The summed E-state index contributed by atoms with van der Waals surface area (Å²) in [6, 6.07) is 9.14. The predicted molar refractivity (Wildman–Crippen MR) is 127 cm³/mol.